The van der Waals surface area contributed by atoms with Crippen molar-refractivity contribution in [1.82, 2.24) is 5.32 Å². The lowest BCUT2D eigenvalue weighted by Gasteiger charge is -2.25. The molecule has 0 saturated carbocycles. The number of ether oxygens (including phenoxy) is 2. The largest absolute Gasteiger partial charge is 0.493 e. The molecule has 0 spiro atoms. The van der Waals surface area contributed by atoms with Gasteiger partial charge in [-0.25, -0.2) is 8.42 Å². The normalized spacial score (nSPS) is 11.0. The van der Waals surface area contributed by atoms with Crippen LogP contribution in [0.3, 0.4) is 0 Å². The van der Waals surface area contributed by atoms with E-state index in [1.165, 1.54) is 32.4 Å². The van der Waals surface area contributed by atoms with Crippen molar-refractivity contribution in [3.63, 3.8) is 0 Å². The summed E-state index contributed by atoms with van der Waals surface area (Å²) < 4.78 is 38.9. The molecule has 9 heteroatoms. The second kappa shape index (κ2) is 11.6. The quantitative estimate of drug-likeness (QED) is 0.437. The Morgan fingerprint density at radius 2 is 1.54 bits per heavy atom. The maximum Gasteiger partial charge on any atom is 0.264 e. The molecule has 3 aromatic carbocycles. The molecule has 3 rings (SSSR count). The summed E-state index contributed by atoms with van der Waals surface area (Å²) in [5, 5.41) is 2.83. The van der Waals surface area contributed by atoms with Crippen LogP contribution in [0, 0.1) is 6.92 Å². The van der Waals surface area contributed by atoms with Crippen molar-refractivity contribution in [2.24, 2.45) is 0 Å². The SMILES string of the molecule is COc1ccc(S(=O)(=O)N(CC(=O)NCCN(C)c2ccccc2)c2ccc(C)cc2)cc1OC. The van der Waals surface area contributed by atoms with Crippen LogP contribution in [0.2, 0.25) is 0 Å². The zero-order valence-corrected chi connectivity index (χ0v) is 21.2. The highest BCUT2D eigenvalue weighted by Crippen LogP contribution is 2.32. The van der Waals surface area contributed by atoms with E-state index in [1.54, 1.807) is 24.3 Å². The lowest BCUT2D eigenvalue weighted by molar-refractivity contribution is -0.119. The predicted octanol–water partition coefficient (Wildman–Crippen LogP) is 3.46. The van der Waals surface area contributed by atoms with E-state index in [4.69, 9.17) is 9.47 Å². The molecule has 0 heterocycles. The monoisotopic (exact) mass is 497 g/mol. The molecular formula is C26H31N3O5S. The van der Waals surface area contributed by atoms with E-state index in [0.29, 0.717) is 24.5 Å². The van der Waals surface area contributed by atoms with Crippen LogP contribution in [0.4, 0.5) is 11.4 Å². The summed E-state index contributed by atoms with van der Waals surface area (Å²) in [6.45, 7) is 2.48. The average molecular weight is 498 g/mol. The van der Waals surface area contributed by atoms with Gasteiger partial charge >= 0.3 is 0 Å². The van der Waals surface area contributed by atoms with E-state index in [0.717, 1.165) is 15.6 Å². The molecule has 1 N–H and O–H groups in total. The first-order valence-electron chi connectivity index (χ1n) is 11.1. The minimum Gasteiger partial charge on any atom is -0.493 e. The summed E-state index contributed by atoms with van der Waals surface area (Å²) in [5.41, 5.74) is 2.40. The molecule has 0 unspecified atom stereocenters. The van der Waals surface area contributed by atoms with E-state index in [1.807, 2.05) is 49.2 Å². The third kappa shape index (κ3) is 6.45. The number of amides is 1. The Labute approximate surface area is 207 Å². The van der Waals surface area contributed by atoms with Crippen molar-refractivity contribution in [2.75, 3.05) is 50.1 Å². The number of carbonyl (C=O) groups is 1. The molecular weight excluding hydrogens is 466 g/mol. The Balaban J connectivity index is 1.80. The minimum atomic E-state index is -4.08. The van der Waals surface area contributed by atoms with Gasteiger partial charge in [-0.05, 0) is 43.3 Å². The Kier molecular flexibility index (Phi) is 8.59. The Morgan fingerprint density at radius 3 is 2.17 bits per heavy atom. The number of rotatable bonds is 11. The molecule has 0 aliphatic rings. The highest BCUT2D eigenvalue weighted by Gasteiger charge is 2.28. The fraction of sp³-hybridized carbons (Fsp3) is 0.269. The van der Waals surface area contributed by atoms with E-state index >= 15 is 0 Å². The van der Waals surface area contributed by atoms with E-state index in [-0.39, 0.29) is 17.2 Å². The van der Waals surface area contributed by atoms with Gasteiger partial charge in [0.15, 0.2) is 11.5 Å². The number of hydrogen-bond donors (Lipinski definition) is 1. The Morgan fingerprint density at radius 1 is 0.886 bits per heavy atom. The number of methoxy groups -OCH3 is 2. The van der Waals surface area contributed by atoms with Crippen molar-refractivity contribution < 1.29 is 22.7 Å². The fourth-order valence-corrected chi connectivity index (χ4v) is 4.93. The summed E-state index contributed by atoms with van der Waals surface area (Å²) in [5.74, 6) is 0.288. The summed E-state index contributed by atoms with van der Waals surface area (Å²) >= 11 is 0. The first kappa shape index (κ1) is 25.9. The van der Waals surface area contributed by atoms with Crippen molar-refractivity contribution in [3.8, 4) is 11.5 Å². The third-order valence-electron chi connectivity index (χ3n) is 5.52. The number of benzene rings is 3. The zero-order chi connectivity index (χ0) is 25.4. The number of para-hydroxylation sites is 1. The summed E-state index contributed by atoms with van der Waals surface area (Å²) in [7, 11) is 0.768. The van der Waals surface area contributed by atoms with Gasteiger partial charge in [0.2, 0.25) is 5.91 Å². The van der Waals surface area contributed by atoms with Crippen LogP contribution in [0.1, 0.15) is 5.56 Å². The van der Waals surface area contributed by atoms with Crippen LogP contribution in [-0.4, -0.2) is 55.2 Å². The van der Waals surface area contributed by atoms with E-state index < -0.39 is 15.9 Å². The predicted molar refractivity (Wildman–Crippen MR) is 138 cm³/mol. The van der Waals surface area contributed by atoms with Gasteiger partial charge in [-0.2, -0.15) is 0 Å². The topological polar surface area (TPSA) is 88.2 Å². The minimum absolute atomic E-state index is 0.00710. The van der Waals surface area contributed by atoms with Crippen LogP contribution in [0.15, 0.2) is 77.7 Å². The van der Waals surface area contributed by atoms with Crippen LogP contribution in [-0.2, 0) is 14.8 Å². The van der Waals surface area contributed by atoms with Gasteiger partial charge in [0.25, 0.3) is 10.0 Å². The fourth-order valence-electron chi connectivity index (χ4n) is 3.49. The molecule has 1 amide bonds. The molecule has 35 heavy (non-hydrogen) atoms. The number of nitrogens with one attached hydrogen (secondary N) is 1. The molecule has 0 fully saturated rings. The van der Waals surface area contributed by atoms with Gasteiger partial charge < -0.3 is 19.7 Å². The smallest absolute Gasteiger partial charge is 0.264 e. The van der Waals surface area contributed by atoms with Crippen molar-refractivity contribution in [3.05, 3.63) is 78.4 Å². The lowest BCUT2D eigenvalue weighted by Crippen LogP contribution is -2.42. The van der Waals surface area contributed by atoms with E-state index in [2.05, 4.69) is 5.32 Å². The average Bonchev–Trinajstić information content (AvgIpc) is 2.87. The van der Waals surface area contributed by atoms with Gasteiger partial charge in [0.05, 0.1) is 24.8 Å². The second-order valence-electron chi connectivity index (χ2n) is 7.97. The molecule has 0 saturated heterocycles. The molecule has 0 aliphatic heterocycles. The standard InChI is InChI=1S/C26H31N3O5S/c1-20-10-12-22(13-11-20)29(35(31,32)23-14-15-24(33-3)25(18-23)34-4)19-26(30)27-16-17-28(2)21-8-6-5-7-9-21/h5-15,18H,16-17,19H2,1-4H3,(H,27,30). The van der Waals surface area contributed by atoms with Crippen LogP contribution in [0.25, 0.3) is 0 Å². The van der Waals surface area contributed by atoms with E-state index in [9.17, 15) is 13.2 Å². The molecule has 8 nitrogen and oxygen atoms in total. The molecule has 0 aromatic heterocycles. The second-order valence-corrected chi connectivity index (χ2v) is 9.83. The molecule has 0 bridgehead atoms. The van der Waals surface area contributed by atoms with Crippen molar-refractivity contribution in [1.29, 1.82) is 0 Å². The van der Waals surface area contributed by atoms with Gasteiger partial charge in [0.1, 0.15) is 6.54 Å². The number of sulfonamides is 1. The summed E-state index contributed by atoms with van der Waals surface area (Å²) in [6.07, 6.45) is 0. The lowest BCUT2D eigenvalue weighted by atomic mass is 10.2. The first-order valence-corrected chi connectivity index (χ1v) is 12.5. The number of carbonyl (C=O) groups excluding carboxylic acids is 1. The van der Waals surface area contributed by atoms with Gasteiger partial charge in [-0.15, -0.1) is 0 Å². The third-order valence-corrected chi connectivity index (χ3v) is 7.29. The highest BCUT2D eigenvalue weighted by atomic mass is 32.2. The van der Waals surface area contributed by atoms with Gasteiger partial charge in [-0.1, -0.05) is 35.9 Å². The highest BCUT2D eigenvalue weighted by molar-refractivity contribution is 7.92. The molecule has 186 valence electrons. The summed E-state index contributed by atoms with van der Waals surface area (Å²) in [4.78, 5) is 14.8. The molecule has 0 atom stereocenters. The summed E-state index contributed by atoms with van der Waals surface area (Å²) in [6, 6.07) is 21.1. The van der Waals surface area contributed by atoms with Crippen LogP contribution >= 0.6 is 0 Å². The molecule has 0 radical (unpaired) electrons. The first-order chi connectivity index (χ1) is 16.8. The number of nitrogens with zero attached hydrogens (tertiary/aromatic N) is 2. The van der Waals surface area contributed by atoms with Gasteiger partial charge in [-0.3, -0.25) is 9.10 Å². The Bertz CT molecular complexity index is 1230. The van der Waals surface area contributed by atoms with Crippen molar-refractivity contribution in [2.45, 2.75) is 11.8 Å². The van der Waals surface area contributed by atoms with Crippen molar-refractivity contribution >= 4 is 27.3 Å². The number of anilines is 2. The molecule has 0 aliphatic carbocycles. The number of aryl methyl sites for hydroxylation is 1. The number of likely N-dealkylation sites (N-methyl/N-ethyl adjacent to an activating group) is 1. The zero-order valence-electron chi connectivity index (χ0n) is 20.4. The van der Waals surface area contributed by atoms with Gasteiger partial charge in [0, 0.05) is 31.9 Å². The van der Waals surface area contributed by atoms with Crippen LogP contribution < -0.4 is 24.0 Å². The Hall–Kier alpha value is -3.72. The maximum atomic E-state index is 13.6. The van der Waals surface area contributed by atoms with Crippen LogP contribution in [0.5, 0.6) is 11.5 Å². The number of hydrogen-bond acceptors (Lipinski definition) is 6. The maximum absolute atomic E-state index is 13.6. The molecule has 3 aromatic rings.